The van der Waals surface area contributed by atoms with Crippen LogP contribution in [0.5, 0.6) is 0 Å². The average molecular weight is 283 g/mol. The van der Waals surface area contributed by atoms with Gasteiger partial charge in [-0.15, -0.1) is 5.10 Å². The molecule has 2 rings (SSSR count). The molecule has 0 spiro atoms. The number of rotatable bonds is 4. The van der Waals surface area contributed by atoms with E-state index in [2.05, 4.69) is 25.5 Å². The second-order valence-electron chi connectivity index (χ2n) is 4.12. The van der Waals surface area contributed by atoms with Crippen molar-refractivity contribution in [1.29, 1.82) is 0 Å². The topological polar surface area (TPSA) is 63.6 Å². The molecular formula is C12H12F3N5. The first-order valence-electron chi connectivity index (χ1n) is 5.87. The Hall–Kier alpha value is -2.09. The fourth-order valence-electron chi connectivity index (χ4n) is 1.49. The predicted octanol–water partition coefficient (Wildman–Crippen LogP) is 2.14. The number of hydrogen-bond donors (Lipinski definition) is 1. The zero-order valence-electron chi connectivity index (χ0n) is 10.6. The molecule has 1 N–H and O–H groups in total. The minimum absolute atomic E-state index is 0.139. The van der Waals surface area contributed by atoms with Gasteiger partial charge in [-0.1, -0.05) is 0 Å². The van der Waals surface area contributed by atoms with E-state index in [1.54, 1.807) is 18.5 Å². The summed E-state index contributed by atoms with van der Waals surface area (Å²) in [4.78, 5) is 8.16. The minimum atomic E-state index is -4.47. The molecule has 106 valence electrons. The van der Waals surface area contributed by atoms with Gasteiger partial charge in [0.15, 0.2) is 5.69 Å². The van der Waals surface area contributed by atoms with E-state index in [9.17, 15) is 13.2 Å². The standard InChI is InChI=1S/C12H12F3N5/c1-8(11-16-5-2-6-17-11)18-7-9-3-4-10(20-19-9)12(13,14)15/h2-6,8,18H,7H2,1H3/t8-/m0/s1. The molecule has 2 aromatic heterocycles. The molecule has 20 heavy (non-hydrogen) atoms. The first-order chi connectivity index (χ1) is 9.47. The van der Waals surface area contributed by atoms with Crippen LogP contribution in [-0.4, -0.2) is 20.2 Å². The first kappa shape index (κ1) is 14.3. The lowest BCUT2D eigenvalue weighted by Crippen LogP contribution is -2.21. The van der Waals surface area contributed by atoms with Crippen molar-refractivity contribution in [2.24, 2.45) is 0 Å². The molecule has 0 bridgehead atoms. The van der Waals surface area contributed by atoms with Crippen LogP contribution in [0.15, 0.2) is 30.6 Å². The second kappa shape index (κ2) is 5.91. The van der Waals surface area contributed by atoms with Crippen molar-refractivity contribution < 1.29 is 13.2 Å². The molecule has 0 aliphatic heterocycles. The Morgan fingerprint density at radius 3 is 2.40 bits per heavy atom. The summed E-state index contributed by atoms with van der Waals surface area (Å²) in [5.74, 6) is 0.604. The SMILES string of the molecule is C[C@H](NCc1ccc(C(F)(F)F)nn1)c1ncccn1. The van der Waals surface area contributed by atoms with Gasteiger partial charge in [0, 0.05) is 18.9 Å². The Kier molecular flexibility index (Phi) is 4.23. The Morgan fingerprint density at radius 1 is 1.15 bits per heavy atom. The number of hydrogen-bond acceptors (Lipinski definition) is 5. The zero-order valence-corrected chi connectivity index (χ0v) is 10.6. The molecule has 2 heterocycles. The molecule has 0 saturated carbocycles. The van der Waals surface area contributed by atoms with Gasteiger partial charge in [-0.05, 0) is 25.1 Å². The van der Waals surface area contributed by atoms with Crippen LogP contribution in [0, 0.1) is 0 Å². The highest BCUT2D eigenvalue weighted by molar-refractivity contribution is 5.09. The molecule has 0 radical (unpaired) electrons. The number of aromatic nitrogens is 4. The van der Waals surface area contributed by atoms with Crippen molar-refractivity contribution in [3.8, 4) is 0 Å². The van der Waals surface area contributed by atoms with Gasteiger partial charge in [0.25, 0.3) is 0 Å². The van der Waals surface area contributed by atoms with Crippen LogP contribution in [0.2, 0.25) is 0 Å². The average Bonchev–Trinajstić information content (AvgIpc) is 2.45. The van der Waals surface area contributed by atoms with Crippen molar-refractivity contribution >= 4 is 0 Å². The molecule has 0 unspecified atom stereocenters. The Bertz CT molecular complexity index is 541. The lowest BCUT2D eigenvalue weighted by atomic mass is 10.3. The quantitative estimate of drug-likeness (QED) is 0.931. The van der Waals surface area contributed by atoms with Crippen molar-refractivity contribution in [1.82, 2.24) is 25.5 Å². The maximum atomic E-state index is 12.3. The van der Waals surface area contributed by atoms with E-state index >= 15 is 0 Å². The molecule has 2 aromatic rings. The number of nitrogens with one attached hydrogen (secondary N) is 1. The molecule has 0 aliphatic rings. The number of nitrogens with zero attached hydrogens (tertiary/aromatic N) is 4. The van der Waals surface area contributed by atoms with Crippen LogP contribution in [0.4, 0.5) is 13.2 Å². The van der Waals surface area contributed by atoms with Crippen molar-refractivity contribution in [3.05, 3.63) is 47.8 Å². The van der Waals surface area contributed by atoms with E-state index in [-0.39, 0.29) is 12.6 Å². The first-order valence-corrected chi connectivity index (χ1v) is 5.87. The summed E-state index contributed by atoms with van der Waals surface area (Å²) in [6, 6.07) is 3.77. The predicted molar refractivity (Wildman–Crippen MR) is 64.3 cm³/mol. The third kappa shape index (κ3) is 3.70. The fraction of sp³-hybridized carbons (Fsp3) is 0.333. The summed E-state index contributed by atoms with van der Waals surface area (Å²) in [7, 11) is 0. The van der Waals surface area contributed by atoms with Gasteiger partial charge in [-0.3, -0.25) is 0 Å². The number of alkyl halides is 3. The zero-order chi connectivity index (χ0) is 14.6. The van der Waals surface area contributed by atoms with Gasteiger partial charge in [0.2, 0.25) is 0 Å². The Morgan fingerprint density at radius 2 is 1.85 bits per heavy atom. The summed E-state index contributed by atoms with van der Waals surface area (Å²) in [6.45, 7) is 2.14. The molecule has 0 fully saturated rings. The van der Waals surface area contributed by atoms with E-state index in [4.69, 9.17) is 0 Å². The highest BCUT2D eigenvalue weighted by Gasteiger charge is 2.32. The lowest BCUT2D eigenvalue weighted by molar-refractivity contribution is -0.141. The van der Waals surface area contributed by atoms with Crippen molar-refractivity contribution in [3.63, 3.8) is 0 Å². The van der Waals surface area contributed by atoms with Gasteiger partial charge in [0.1, 0.15) is 5.82 Å². The molecular weight excluding hydrogens is 271 g/mol. The third-order valence-electron chi connectivity index (χ3n) is 2.57. The Labute approximate surface area is 113 Å². The molecule has 0 saturated heterocycles. The second-order valence-corrected chi connectivity index (χ2v) is 4.12. The van der Waals surface area contributed by atoms with Gasteiger partial charge in [-0.2, -0.15) is 18.3 Å². The van der Waals surface area contributed by atoms with Gasteiger partial charge in [0.05, 0.1) is 11.7 Å². The Balaban J connectivity index is 1.94. The highest BCUT2D eigenvalue weighted by atomic mass is 19.4. The van der Waals surface area contributed by atoms with Crippen LogP contribution in [-0.2, 0) is 12.7 Å². The lowest BCUT2D eigenvalue weighted by Gasteiger charge is -2.11. The van der Waals surface area contributed by atoms with Gasteiger partial charge >= 0.3 is 6.18 Å². The maximum absolute atomic E-state index is 12.3. The molecule has 0 amide bonds. The molecule has 0 aromatic carbocycles. The third-order valence-corrected chi connectivity index (χ3v) is 2.57. The van der Waals surface area contributed by atoms with Crippen molar-refractivity contribution in [2.75, 3.05) is 0 Å². The fourth-order valence-corrected chi connectivity index (χ4v) is 1.49. The smallest absolute Gasteiger partial charge is 0.302 e. The van der Waals surface area contributed by atoms with Crippen molar-refractivity contribution in [2.45, 2.75) is 25.7 Å². The molecule has 1 atom stereocenters. The van der Waals surface area contributed by atoms with E-state index in [1.807, 2.05) is 6.92 Å². The van der Waals surface area contributed by atoms with Gasteiger partial charge in [-0.25, -0.2) is 9.97 Å². The van der Waals surface area contributed by atoms with Crippen LogP contribution < -0.4 is 5.32 Å². The van der Waals surface area contributed by atoms with E-state index in [0.717, 1.165) is 6.07 Å². The van der Waals surface area contributed by atoms with E-state index in [0.29, 0.717) is 11.5 Å². The summed E-state index contributed by atoms with van der Waals surface area (Å²) in [6.07, 6.45) is -1.22. The van der Waals surface area contributed by atoms with Crippen LogP contribution in [0.3, 0.4) is 0 Å². The van der Waals surface area contributed by atoms with Gasteiger partial charge < -0.3 is 5.32 Å². The molecule has 5 nitrogen and oxygen atoms in total. The van der Waals surface area contributed by atoms with Crippen LogP contribution >= 0.6 is 0 Å². The summed E-state index contributed by atoms with van der Waals surface area (Å²) < 4.78 is 37.0. The highest BCUT2D eigenvalue weighted by Crippen LogP contribution is 2.26. The molecule has 8 heteroatoms. The largest absolute Gasteiger partial charge is 0.435 e. The maximum Gasteiger partial charge on any atom is 0.435 e. The normalized spacial score (nSPS) is 13.2. The number of halogens is 3. The summed E-state index contributed by atoms with van der Waals surface area (Å²) in [5, 5.41) is 9.76. The van der Waals surface area contributed by atoms with E-state index < -0.39 is 11.9 Å². The van der Waals surface area contributed by atoms with E-state index in [1.165, 1.54) is 6.07 Å². The minimum Gasteiger partial charge on any atom is -0.302 e. The summed E-state index contributed by atoms with van der Waals surface area (Å²) >= 11 is 0. The molecule has 0 aliphatic carbocycles. The van der Waals surface area contributed by atoms with Crippen LogP contribution in [0.1, 0.15) is 30.2 Å². The monoisotopic (exact) mass is 283 g/mol. The summed E-state index contributed by atoms with van der Waals surface area (Å²) in [5.41, 5.74) is -0.582. The van der Waals surface area contributed by atoms with Crippen LogP contribution in [0.25, 0.3) is 0 Å².